The average Bonchev–Trinajstić information content (AvgIpc) is 1.90. The van der Waals surface area contributed by atoms with E-state index in [4.69, 9.17) is 9.84 Å². The molecular weight excluding hydrogens is 140 g/mol. The van der Waals surface area contributed by atoms with Crippen molar-refractivity contribution in [1.82, 2.24) is 0 Å². The molecule has 0 amide bonds. The van der Waals surface area contributed by atoms with Crippen LogP contribution < -0.4 is 0 Å². The van der Waals surface area contributed by atoms with E-state index in [1.165, 1.54) is 0 Å². The zero-order valence-corrected chi connectivity index (χ0v) is 6.19. The molecule has 1 N–H and O–H groups in total. The molecule has 0 saturated carbocycles. The lowest BCUT2D eigenvalue weighted by molar-refractivity contribution is 0.0455. The molecule has 56 valence electrons. The number of aliphatic hydroxyl groups is 1. The smallest absolute Gasteiger partial charge is 0.0469 e. The van der Waals surface area contributed by atoms with E-state index in [1.54, 1.807) is 0 Å². The van der Waals surface area contributed by atoms with Gasteiger partial charge in [-0.15, -0.1) is 12.4 Å². The molecule has 1 aliphatic heterocycles. The highest BCUT2D eigenvalue weighted by Crippen LogP contribution is 2.12. The molecule has 0 radical (unpaired) electrons. The molecule has 0 bridgehead atoms. The predicted molar refractivity (Wildman–Crippen MR) is 37.9 cm³/mol. The zero-order valence-electron chi connectivity index (χ0n) is 5.38. The van der Waals surface area contributed by atoms with Gasteiger partial charge >= 0.3 is 0 Å². The van der Waals surface area contributed by atoms with Gasteiger partial charge in [-0.25, -0.2) is 0 Å². The van der Waals surface area contributed by atoms with Crippen molar-refractivity contribution in [3.8, 4) is 0 Å². The fourth-order valence-electron chi connectivity index (χ4n) is 0.929. The maximum Gasteiger partial charge on any atom is 0.0469 e. The molecule has 0 atom stereocenters. The maximum atomic E-state index is 8.64. The third-order valence-corrected chi connectivity index (χ3v) is 1.60. The number of aliphatic hydroxyl groups excluding tert-OH is 1. The minimum Gasteiger partial charge on any atom is -0.396 e. The molecule has 1 saturated heterocycles. The topological polar surface area (TPSA) is 29.5 Å². The average molecular weight is 153 g/mol. The summed E-state index contributed by atoms with van der Waals surface area (Å²) in [5, 5.41) is 8.64. The second-order valence-corrected chi connectivity index (χ2v) is 2.24. The fourth-order valence-corrected chi connectivity index (χ4v) is 0.929. The normalized spacial score (nSPS) is 21.0. The molecular formula is C6H13ClO2. The Balaban J connectivity index is 0.000000640. The molecule has 9 heavy (non-hydrogen) atoms. The Hall–Kier alpha value is 0.210. The van der Waals surface area contributed by atoms with Crippen LogP contribution >= 0.6 is 12.4 Å². The second kappa shape index (κ2) is 5.03. The third-order valence-electron chi connectivity index (χ3n) is 1.60. The van der Waals surface area contributed by atoms with Crippen molar-refractivity contribution in [2.45, 2.75) is 12.8 Å². The zero-order chi connectivity index (χ0) is 5.82. The van der Waals surface area contributed by atoms with Crippen molar-refractivity contribution < 1.29 is 9.84 Å². The van der Waals surface area contributed by atoms with E-state index in [-0.39, 0.29) is 12.4 Å². The summed E-state index contributed by atoms with van der Waals surface area (Å²) in [5.74, 6) is 0.517. The first kappa shape index (κ1) is 9.21. The van der Waals surface area contributed by atoms with Crippen LogP contribution in [0.2, 0.25) is 0 Å². The molecule has 0 aromatic rings. The van der Waals surface area contributed by atoms with Crippen molar-refractivity contribution in [1.29, 1.82) is 0 Å². The van der Waals surface area contributed by atoms with Crippen LogP contribution in [0.4, 0.5) is 0 Å². The van der Waals surface area contributed by atoms with Crippen LogP contribution in [0, 0.1) is 5.92 Å². The lowest BCUT2D eigenvalue weighted by Crippen LogP contribution is -2.18. The minimum atomic E-state index is 0. The largest absolute Gasteiger partial charge is 0.396 e. The summed E-state index contributed by atoms with van der Waals surface area (Å²) in [6.45, 7) is 2.01. The first-order valence-corrected chi connectivity index (χ1v) is 3.12. The van der Waals surface area contributed by atoms with E-state index < -0.39 is 0 Å². The van der Waals surface area contributed by atoms with Gasteiger partial charge in [-0.2, -0.15) is 0 Å². The van der Waals surface area contributed by atoms with Gasteiger partial charge in [-0.05, 0) is 18.8 Å². The van der Waals surface area contributed by atoms with Crippen LogP contribution in [0.1, 0.15) is 12.8 Å². The number of hydrogen-bond donors (Lipinski definition) is 1. The molecule has 1 fully saturated rings. The maximum absolute atomic E-state index is 8.64. The molecule has 0 aliphatic carbocycles. The fraction of sp³-hybridized carbons (Fsp3) is 1.00. The van der Waals surface area contributed by atoms with Crippen LogP contribution in [0.5, 0.6) is 0 Å². The molecule has 1 rings (SSSR count). The van der Waals surface area contributed by atoms with Crippen molar-refractivity contribution in [3.05, 3.63) is 0 Å². The molecule has 1 heterocycles. The Labute approximate surface area is 61.6 Å². The highest BCUT2D eigenvalue weighted by atomic mass is 35.5. The molecule has 0 spiro atoms. The van der Waals surface area contributed by atoms with Crippen molar-refractivity contribution in [2.24, 2.45) is 5.92 Å². The van der Waals surface area contributed by atoms with E-state index in [1.807, 2.05) is 0 Å². The summed E-state index contributed by atoms with van der Waals surface area (Å²) < 4.78 is 5.09. The minimum absolute atomic E-state index is 0. The standard InChI is InChI=1S/C6H12O2.ClH/c7-5-6-1-3-8-4-2-6;/h6-7H,1-5H2;1H. The lowest BCUT2D eigenvalue weighted by atomic mass is 10.0. The molecule has 0 aromatic heterocycles. The highest BCUT2D eigenvalue weighted by molar-refractivity contribution is 5.85. The van der Waals surface area contributed by atoms with Gasteiger partial charge in [0.25, 0.3) is 0 Å². The van der Waals surface area contributed by atoms with Crippen LogP contribution in [0.25, 0.3) is 0 Å². The first-order valence-electron chi connectivity index (χ1n) is 3.12. The van der Waals surface area contributed by atoms with Crippen LogP contribution in [0.15, 0.2) is 0 Å². The van der Waals surface area contributed by atoms with Crippen molar-refractivity contribution in [3.63, 3.8) is 0 Å². The number of rotatable bonds is 1. The summed E-state index contributed by atoms with van der Waals surface area (Å²) in [6, 6.07) is 0. The molecule has 1 aliphatic rings. The summed E-state index contributed by atoms with van der Waals surface area (Å²) in [4.78, 5) is 0. The summed E-state index contributed by atoms with van der Waals surface area (Å²) in [7, 11) is 0. The number of ether oxygens (including phenoxy) is 1. The van der Waals surface area contributed by atoms with Gasteiger partial charge in [0.1, 0.15) is 0 Å². The van der Waals surface area contributed by atoms with E-state index in [9.17, 15) is 0 Å². The molecule has 0 unspecified atom stereocenters. The van der Waals surface area contributed by atoms with Gasteiger partial charge in [0, 0.05) is 19.8 Å². The Morgan fingerprint density at radius 3 is 2.22 bits per heavy atom. The summed E-state index contributed by atoms with van der Waals surface area (Å²) >= 11 is 0. The lowest BCUT2D eigenvalue weighted by Gasteiger charge is -2.18. The van der Waals surface area contributed by atoms with Crippen LogP contribution in [0.3, 0.4) is 0 Å². The first-order chi connectivity index (χ1) is 3.93. The second-order valence-electron chi connectivity index (χ2n) is 2.24. The Bertz CT molecular complexity index is 62.1. The Morgan fingerprint density at radius 1 is 1.33 bits per heavy atom. The van der Waals surface area contributed by atoms with Crippen molar-refractivity contribution >= 4 is 12.4 Å². The Morgan fingerprint density at radius 2 is 1.89 bits per heavy atom. The van der Waals surface area contributed by atoms with E-state index >= 15 is 0 Å². The number of halogens is 1. The molecule has 2 nitrogen and oxygen atoms in total. The van der Waals surface area contributed by atoms with Gasteiger partial charge < -0.3 is 9.84 Å². The van der Waals surface area contributed by atoms with Crippen LogP contribution in [-0.4, -0.2) is 24.9 Å². The van der Waals surface area contributed by atoms with E-state index in [0.717, 1.165) is 26.1 Å². The predicted octanol–water partition coefficient (Wildman–Crippen LogP) is 0.827. The van der Waals surface area contributed by atoms with Crippen LogP contribution in [-0.2, 0) is 4.74 Å². The van der Waals surface area contributed by atoms with E-state index in [0.29, 0.717) is 12.5 Å². The summed E-state index contributed by atoms with van der Waals surface area (Å²) in [5.41, 5.74) is 0. The van der Waals surface area contributed by atoms with Gasteiger partial charge in [0.2, 0.25) is 0 Å². The third kappa shape index (κ3) is 3.04. The van der Waals surface area contributed by atoms with Crippen molar-refractivity contribution in [2.75, 3.05) is 19.8 Å². The highest BCUT2D eigenvalue weighted by Gasteiger charge is 2.11. The van der Waals surface area contributed by atoms with Gasteiger partial charge in [-0.3, -0.25) is 0 Å². The molecule has 0 aromatic carbocycles. The number of hydrogen-bond acceptors (Lipinski definition) is 2. The van der Waals surface area contributed by atoms with E-state index in [2.05, 4.69) is 0 Å². The molecule has 3 heteroatoms. The SMILES string of the molecule is Cl.OCC1CCOCC1. The van der Waals surface area contributed by atoms with Gasteiger partial charge in [-0.1, -0.05) is 0 Å². The quantitative estimate of drug-likeness (QED) is 0.603. The summed E-state index contributed by atoms with van der Waals surface area (Å²) in [6.07, 6.45) is 2.08. The van der Waals surface area contributed by atoms with Gasteiger partial charge in [0.15, 0.2) is 0 Å². The van der Waals surface area contributed by atoms with Gasteiger partial charge in [0.05, 0.1) is 0 Å². The Kier molecular flexibility index (Phi) is 5.15. The monoisotopic (exact) mass is 152 g/mol.